The molecule has 3 rings (SSSR count). The van der Waals surface area contributed by atoms with E-state index in [0.717, 1.165) is 23.9 Å². The number of rotatable bonds is 3. The number of benzene rings is 2. The molecule has 0 atom stereocenters. The van der Waals surface area contributed by atoms with Gasteiger partial charge in [0.1, 0.15) is 11.6 Å². The van der Waals surface area contributed by atoms with Crippen molar-refractivity contribution >= 4 is 11.6 Å². The van der Waals surface area contributed by atoms with Crippen molar-refractivity contribution in [2.75, 3.05) is 5.32 Å². The summed E-state index contributed by atoms with van der Waals surface area (Å²) in [6.45, 7) is 0. The molecule has 5 heteroatoms. The highest BCUT2D eigenvalue weighted by molar-refractivity contribution is 5.56. The van der Waals surface area contributed by atoms with Crippen LogP contribution < -0.4 is 5.32 Å². The quantitative estimate of drug-likeness (QED) is 0.783. The van der Waals surface area contributed by atoms with Gasteiger partial charge in [0.15, 0.2) is 0 Å². The minimum atomic E-state index is -0.533. The molecule has 1 N–H and O–H groups in total. The van der Waals surface area contributed by atoms with E-state index in [1.165, 1.54) is 0 Å². The van der Waals surface area contributed by atoms with Gasteiger partial charge in [-0.2, -0.15) is 0 Å². The Bertz CT molecular complexity index is 723. The first kappa shape index (κ1) is 12.3. The summed E-state index contributed by atoms with van der Waals surface area (Å²) in [7, 11) is 0. The zero-order valence-electron chi connectivity index (χ0n) is 10.4. The van der Waals surface area contributed by atoms with Crippen LogP contribution in [0.15, 0.2) is 60.9 Å². The number of imidazole rings is 1. The van der Waals surface area contributed by atoms with Gasteiger partial charge in [0, 0.05) is 24.1 Å². The highest BCUT2D eigenvalue weighted by Crippen LogP contribution is 2.22. The molecule has 3 nitrogen and oxygen atoms in total. The summed E-state index contributed by atoms with van der Waals surface area (Å²) in [4.78, 5) is 4.12. The van der Waals surface area contributed by atoms with Gasteiger partial charge in [0.05, 0.1) is 5.69 Å². The van der Waals surface area contributed by atoms with Crippen LogP contribution in [0.2, 0.25) is 0 Å². The first-order chi connectivity index (χ1) is 9.74. The zero-order valence-corrected chi connectivity index (χ0v) is 10.4. The minimum Gasteiger partial charge on any atom is -0.323 e. The van der Waals surface area contributed by atoms with Gasteiger partial charge >= 0.3 is 0 Å². The third-order valence-electron chi connectivity index (χ3n) is 2.85. The van der Waals surface area contributed by atoms with Gasteiger partial charge in [0.25, 0.3) is 0 Å². The lowest BCUT2D eigenvalue weighted by Gasteiger charge is -2.10. The molecule has 3 aromatic rings. The second-order valence-corrected chi connectivity index (χ2v) is 4.21. The van der Waals surface area contributed by atoms with Crippen molar-refractivity contribution in [2.45, 2.75) is 0 Å². The summed E-state index contributed by atoms with van der Waals surface area (Å²) in [6.07, 6.45) is 3.33. The Morgan fingerprint density at radius 1 is 1.00 bits per heavy atom. The zero-order chi connectivity index (χ0) is 13.9. The van der Waals surface area contributed by atoms with Crippen LogP contribution in [-0.4, -0.2) is 9.55 Å². The lowest BCUT2D eigenvalue weighted by molar-refractivity contribution is 0.603. The molecule has 0 radical (unpaired) electrons. The molecule has 0 bridgehead atoms. The lowest BCUT2D eigenvalue weighted by Crippen LogP contribution is -2.02. The van der Waals surface area contributed by atoms with Crippen molar-refractivity contribution in [2.24, 2.45) is 0 Å². The van der Waals surface area contributed by atoms with Crippen LogP contribution in [0, 0.1) is 11.6 Å². The molecule has 0 saturated carbocycles. The minimum absolute atomic E-state index is 0.0494. The molecule has 0 spiro atoms. The smallest absolute Gasteiger partial charge is 0.212 e. The number of anilines is 2. The van der Waals surface area contributed by atoms with E-state index in [1.54, 1.807) is 17.0 Å². The van der Waals surface area contributed by atoms with Crippen LogP contribution in [0.3, 0.4) is 0 Å². The Morgan fingerprint density at radius 3 is 2.60 bits per heavy atom. The Balaban J connectivity index is 1.97. The molecule has 0 aliphatic rings. The van der Waals surface area contributed by atoms with E-state index in [-0.39, 0.29) is 5.69 Å². The molecule has 2 aromatic carbocycles. The fraction of sp³-hybridized carbons (Fsp3) is 0. The standard InChI is InChI=1S/C15H11F2N3/c16-11-6-7-13(17)14(10-11)19-15-18-8-9-20(15)12-4-2-1-3-5-12/h1-10H,(H,18,19). The third-order valence-corrected chi connectivity index (χ3v) is 2.85. The highest BCUT2D eigenvalue weighted by atomic mass is 19.1. The van der Waals surface area contributed by atoms with Crippen LogP contribution in [0.5, 0.6) is 0 Å². The van der Waals surface area contributed by atoms with Gasteiger partial charge in [-0.15, -0.1) is 0 Å². The first-order valence-corrected chi connectivity index (χ1v) is 6.05. The van der Waals surface area contributed by atoms with Crippen LogP contribution >= 0.6 is 0 Å². The van der Waals surface area contributed by atoms with Crippen molar-refractivity contribution in [3.8, 4) is 5.69 Å². The molecular weight excluding hydrogens is 260 g/mol. The van der Waals surface area contributed by atoms with E-state index in [0.29, 0.717) is 5.95 Å². The van der Waals surface area contributed by atoms with Crippen LogP contribution in [-0.2, 0) is 0 Å². The molecule has 0 aliphatic carbocycles. The Labute approximate surface area is 114 Å². The summed E-state index contributed by atoms with van der Waals surface area (Å²) in [6, 6.07) is 12.7. The molecule has 0 aliphatic heterocycles. The predicted octanol–water partition coefficient (Wildman–Crippen LogP) is 3.89. The second-order valence-electron chi connectivity index (χ2n) is 4.21. The predicted molar refractivity (Wildman–Crippen MR) is 73.2 cm³/mol. The van der Waals surface area contributed by atoms with Crippen LogP contribution in [0.4, 0.5) is 20.4 Å². The molecule has 1 aromatic heterocycles. The lowest BCUT2D eigenvalue weighted by atomic mass is 10.3. The Kier molecular flexibility index (Phi) is 3.16. The van der Waals surface area contributed by atoms with Gasteiger partial charge < -0.3 is 5.32 Å². The van der Waals surface area contributed by atoms with E-state index in [9.17, 15) is 8.78 Å². The molecule has 0 fully saturated rings. The molecule has 0 unspecified atom stereocenters. The van der Waals surface area contributed by atoms with Gasteiger partial charge in [-0.05, 0) is 24.3 Å². The maximum absolute atomic E-state index is 13.6. The average molecular weight is 271 g/mol. The number of aromatic nitrogens is 2. The summed E-state index contributed by atoms with van der Waals surface area (Å²) in [5, 5.41) is 2.80. The third kappa shape index (κ3) is 2.38. The van der Waals surface area contributed by atoms with Gasteiger partial charge in [0.2, 0.25) is 5.95 Å². The van der Waals surface area contributed by atoms with Crippen LogP contribution in [0.1, 0.15) is 0 Å². The number of nitrogens with one attached hydrogen (secondary N) is 1. The highest BCUT2D eigenvalue weighted by Gasteiger charge is 2.09. The Hall–Kier alpha value is -2.69. The maximum atomic E-state index is 13.6. The normalized spacial score (nSPS) is 10.5. The van der Waals surface area contributed by atoms with Crippen LogP contribution in [0.25, 0.3) is 5.69 Å². The van der Waals surface area contributed by atoms with Gasteiger partial charge in [-0.3, -0.25) is 4.57 Å². The van der Waals surface area contributed by atoms with Gasteiger partial charge in [-0.25, -0.2) is 13.8 Å². The fourth-order valence-electron chi connectivity index (χ4n) is 1.91. The SMILES string of the molecule is Fc1ccc(F)c(Nc2nccn2-c2ccccc2)c1. The van der Waals surface area contributed by atoms with E-state index in [1.807, 2.05) is 30.3 Å². The van der Waals surface area contributed by atoms with E-state index < -0.39 is 11.6 Å². The average Bonchev–Trinajstić information content (AvgIpc) is 2.92. The number of para-hydroxylation sites is 1. The molecule has 20 heavy (non-hydrogen) atoms. The van der Waals surface area contributed by atoms with Crippen molar-refractivity contribution in [3.63, 3.8) is 0 Å². The summed E-state index contributed by atoms with van der Waals surface area (Å²) < 4.78 is 28.5. The van der Waals surface area contributed by atoms with Crippen molar-refractivity contribution in [1.29, 1.82) is 0 Å². The van der Waals surface area contributed by atoms with Crippen molar-refractivity contribution in [1.82, 2.24) is 9.55 Å². The Morgan fingerprint density at radius 2 is 1.80 bits per heavy atom. The second kappa shape index (κ2) is 5.13. The number of hydrogen-bond acceptors (Lipinski definition) is 2. The topological polar surface area (TPSA) is 29.9 Å². The molecule has 0 saturated heterocycles. The number of nitrogens with zero attached hydrogens (tertiary/aromatic N) is 2. The number of halogens is 2. The molecule has 1 heterocycles. The van der Waals surface area contributed by atoms with E-state index >= 15 is 0 Å². The fourth-order valence-corrected chi connectivity index (χ4v) is 1.91. The monoisotopic (exact) mass is 271 g/mol. The van der Waals surface area contributed by atoms with Gasteiger partial charge in [-0.1, -0.05) is 18.2 Å². The van der Waals surface area contributed by atoms with Crippen molar-refractivity contribution in [3.05, 3.63) is 72.6 Å². The largest absolute Gasteiger partial charge is 0.323 e. The summed E-state index contributed by atoms with van der Waals surface area (Å²) in [5.41, 5.74) is 0.928. The molecule has 100 valence electrons. The van der Waals surface area contributed by atoms with Crippen molar-refractivity contribution < 1.29 is 8.78 Å². The number of hydrogen-bond donors (Lipinski definition) is 1. The first-order valence-electron chi connectivity index (χ1n) is 6.05. The molecule has 0 amide bonds. The summed E-state index contributed by atoms with van der Waals surface area (Å²) in [5.74, 6) is -0.624. The van der Waals surface area contributed by atoms with E-state index in [2.05, 4.69) is 10.3 Å². The van der Waals surface area contributed by atoms with E-state index in [4.69, 9.17) is 0 Å². The maximum Gasteiger partial charge on any atom is 0.212 e. The molecular formula is C15H11F2N3. The summed E-state index contributed by atoms with van der Waals surface area (Å²) >= 11 is 0.